The second-order valence-corrected chi connectivity index (χ2v) is 5.16. The quantitative estimate of drug-likeness (QED) is 0.817. The highest BCUT2D eigenvalue weighted by Crippen LogP contribution is 2.22. The van der Waals surface area contributed by atoms with Gasteiger partial charge in [-0.1, -0.05) is 12.1 Å². The van der Waals surface area contributed by atoms with Crippen LogP contribution >= 0.6 is 0 Å². The molecule has 1 aromatic carbocycles. The summed E-state index contributed by atoms with van der Waals surface area (Å²) in [6, 6.07) is 7.30. The Morgan fingerprint density at radius 3 is 2.68 bits per heavy atom. The highest BCUT2D eigenvalue weighted by molar-refractivity contribution is 5.89. The summed E-state index contributed by atoms with van der Waals surface area (Å²) in [5.74, 6) is -3.65. The molecule has 2 N–H and O–H groups in total. The van der Waals surface area contributed by atoms with E-state index in [9.17, 15) is 19.5 Å². The zero-order chi connectivity index (χ0) is 16.3. The molecule has 0 bridgehead atoms. The molecule has 0 saturated carbocycles. The van der Waals surface area contributed by atoms with Gasteiger partial charge in [0.2, 0.25) is 5.91 Å². The van der Waals surface area contributed by atoms with Crippen LogP contribution in [0.25, 0.3) is 0 Å². The molecule has 7 nitrogen and oxygen atoms in total. The average molecular weight is 302 g/mol. The Morgan fingerprint density at radius 2 is 2.14 bits per heavy atom. The molecular weight excluding hydrogens is 288 g/mol. The lowest BCUT2D eigenvalue weighted by Gasteiger charge is -2.24. The molecule has 7 heteroatoms. The van der Waals surface area contributed by atoms with Crippen LogP contribution in [0.15, 0.2) is 24.3 Å². The first-order chi connectivity index (χ1) is 10.4. The molecule has 2 rings (SSSR count). The molecule has 1 aliphatic heterocycles. The molecule has 1 fully saturated rings. The van der Waals surface area contributed by atoms with Crippen LogP contribution in [-0.4, -0.2) is 45.5 Å². The minimum atomic E-state index is -1.19. The largest absolute Gasteiger partial charge is 0.481 e. The number of benzene rings is 1. The highest BCUT2D eigenvalue weighted by Gasteiger charge is 2.40. The van der Waals surface area contributed by atoms with Gasteiger partial charge in [-0.15, -0.1) is 0 Å². The number of nitriles is 1. The maximum absolute atomic E-state index is 11.9. The van der Waals surface area contributed by atoms with Gasteiger partial charge in [0.1, 0.15) is 6.04 Å². The van der Waals surface area contributed by atoms with E-state index in [2.05, 4.69) is 0 Å². The van der Waals surface area contributed by atoms with Crippen molar-refractivity contribution in [1.29, 1.82) is 5.26 Å². The van der Waals surface area contributed by atoms with Gasteiger partial charge in [-0.05, 0) is 17.7 Å². The van der Waals surface area contributed by atoms with Crippen molar-refractivity contribution in [3.05, 3.63) is 35.4 Å². The summed E-state index contributed by atoms with van der Waals surface area (Å²) in [5.41, 5.74) is 1.01. The van der Waals surface area contributed by atoms with Gasteiger partial charge in [0, 0.05) is 19.4 Å². The molecule has 1 aromatic rings. The molecule has 0 radical (unpaired) electrons. The number of hydrogen-bond acceptors (Lipinski definition) is 4. The van der Waals surface area contributed by atoms with E-state index >= 15 is 0 Å². The average Bonchev–Trinajstić information content (AvgIpc) is 2.86. The number of carboxylic acid groups (broad SMARTS) is 2. The Morgan fingerprint density at radius 1 is 1.41 bits per heavy atom. The van der Waals surface area contributed by atoms with Crippen LogP contribution in [0.2, 0.25) is 0 Å². The molecule has 0 aliphatic carbocycles. The Hall–Kier alpha value is -2.88. The van der Waals surface area contributed by atoms with Crippen LogP contribution < -0.4 is 0 Å². The summed E-state index contributed by atoms with van der Waals surface area (Å²) in [6.45, 7) is -0.108. The Balaban J connectivity index is 2.20. The van der Waals surface area contributed by atoms with E-state index in [0.29, 0.717) is 11.1 Å². The van der Waals surface area contributed by atoms with Crippen LogP contribution in [0.4, 0.5) is 0 Å². The lowest BCUT2D eigenvalue weighted by atomic mass is 10.0. The molecular formula is C15H14N2O5. The minimum absolute atomic E-state index is 0.0307. The number of hydrogen-bond donors (Lipinski definition) is 2. The standard InChI is InChI=1S/C15H14N2O5/c16-7-10-3-1-2-9(4-10)5-12(15(21)22)17-8-11(14(19)20)6-13(17)18/h1-4,11-12H,5-6,8H2,(H,19,20)(H,21,22)/t11?,12-/m0/s1. The van der Waals surface area contributed by atoms with Crippen molar-refractivity contribution in [2.45, 2.75) is 18.9 Å². The molecule has 1 aliphatic rings. The maximum atomic E-state index is 11.9. The predicted octanol–water partition coefficient (Wildman–Crippen LogP) is 0.487. The third-order valence-corrected chi connectivity index (χ3v) is 3.65. The summed E-state index contributed by atoms with van der Waals surface area (Å²) >= 11 is 0. The molecule has 22 heavy (non-hydrogen) atoms. The number of carbonyl (C=O) groups excluding carboxylic acids is 1. The van der Waals surface area contributed by atoms with Crippen molar-refractivity contribution >= 4 is 17.8 Å². The van der Waals surface area contributed by atoms with Crippen LogP contribution in [0.5, 0.6) is 0 Å². The molecule has 1 saturated heterocycles. The second-order valence-electron chi connectivity index (χ2n) is 5.16. The number of nitrogens with zero attached hydrogens (tertiary/aromatic N) is 2. The van der Waals surface area contributed by atoms with Crippen LogP contribution in [-0.2, 0) is 20.8 Å². The normalized spacial score (nSPS) is 18.8. The monoisotopic (exact) mass is 302 g/mol. The predicted molar refractivity (Wildman–Crippen MR) is 73.7 cm³/mol. The number of carbonyl (C=O) groups is 3. The minimum Gasteiger partial charge on any atom is -0.481 e. The number of aliphatic carboxylic acids is 2. The summed E-state index contributed by atoms with van der Waals surface area (Å²) in [7, 11) is 0. The molecule has 0 spiro atoms. The van der Waals surface area contributed by atoms with Gasteiger partial charge in [0.15, 0.2) is 0 Å². The van der Waals surface area contributed by atoms with E-state index in [0.717, 1.165) is 4.90 Å². The number of rotatable bonds is 5. The highest BCUT2D eigenvalue weighted by atomic mass is 16.4. The number of amides is 1. The van der Waals surface area contributed by atoms with Crippen LogP contribution in [0, 0.1) is 17.2 Å². The fourth-order valence-corrected chi connectivity index (χ4v) is 2.52. The van der Waals surface area contributed by atoms with E-state index < -0.39 is 29.8 Å². The van der Waals surface area contributed by atoms with Crippen molar-refractivity contribution in [3.63, 3.8) is 0 Å². The third kappa shape index (κ3) is 3.23. The van der Waals surface area contributed by atoms with Crippen molar-refractivity contribution < 1.29 is 24.6 Å². The number of likely N-dealkylation sites (tertiary alicyclic amines) is 1. The Labute approximate surface area is 126 Å². The van der Waals surface area contributed by atoms with E-state index in [4.69, 9.17) is 10.4 Å². The van der Waals surface area contributed by atoms with Gasteiger partial charge in [-0.25, -0.2) is 4.79 Å². The smallest absolute Gasteiger partial charge is 0.326 e. The van der Waals surface area contributed by atoms with E-state index in [1.54, 1.807) is 24.3 Å². The lowest BCUT2D eigenvalue weighted by molar-refractivity contribution is -0.148. The lowest BCUT2D eigenvalue weighted by Crippen LogP contribution is -2.44. The molecule has 1 unspecified atom stereocenters. The molecule has 2 atom stereocenters. The van der Waals surface area contributed by atoms with E-state index in [1.165, 1.54) is 0 Å². The molecule has 1 amide bonds. The Kier molecular flexibility index (Phi) is 4.41. The first kappa shape index (κ1) is 15.5. The van der Waals surface area contributed by atoms with Crippen LogP contribution in [0.1, 0.15) is 17.5 Å². The zero-order valence-electron chi connectivity index (χ0n) is 11.6. The molecule has 0 aromatic heterocycles. The summed E-state index contributed by atoms with van der Waals surface area (Å²) < 4.78 is 0. The van der Waals surface area contributed by atoms with Crippen molar-refractivity contribution in [3.8, 4) is 6.07 Å². The van der Waals surface area contributed by atoms with E-state index in [-0.39, 0.29) is 19.4 Å². The summed E-state index contributed by atoms with van der Waals surface area (Å²) in [4.78, 5) is 35.4. The molecule has 114 valence electrons. The first-order valence-corrected chi connectivity index (χ1v) is 6.66. The summed E-state index contributed by atoms with van der Waals surface area (Å²) in [6.07, 6.45) is -0.152. The van der Waals surface area contributed by atoms with Crippen molar-refractivity contribution in [2.75, 3.05) is 6.54 Å². The first-order valence-electron chi connectivity index (χ1n) is 6.66. The maximum Gasteiger partial charge on any atom is 0.326 e. The summed E-state index contributed by atoms with van der Waals surface area (Å²) in [5, 5.41) is 27.2. The van der Waals surface area contributed by atoms with E-state index in [1.807, 2.05) is 6.07 Å². The third-order valence-electron chi connectivity index (χ3n) is 3.65. The topological polar surface area (TPSA) is 119 Å². The van der Waals surface area contributed by atoms with Gasteiger partial charge >= 0.3 is 11.9 Å². The zero-order valence-corrected chi connectivity index (χ0v) is 11.6. The van der Waals surface area contributed by atoms with Crippen molar-refractivity contribution in [2.24, 2.45) is 5.92 Å². The second kappa shape index (κ2) is 6.26. The molecule has 1 heterocycles. The SMILES string of the molecule is N#Cc1cccc(C[C@@H](C(=O)O)N2CC(C(=O)O)CC2=O)c1. The van der Waals surface area contributed by atoms with Gasteiger partial charge in [0.25, 0.3) is 0 Å². The fourth-order valence-electron chi connectivity index (χ4n) is 2.52. The van der Waals surface area contributed by atoms with Gasteiger partial charge in [-0.3, -0.25) is 9.59 Å². The fraction of sp³-hybridized carbons (Fsp3) is 0.333. The van der Waals surface area contributed by atoms with Crippen LogP contribution in [0.3, 0.4) is 0 Å². The Bertz CT molecular complexity index is 664. The van der Waals surface area contributed by atoms with Gasteiger partial charge in [-0.2, -0.15) is 5.26 Å². The number of carboxylic acids is 2. The van der Waals surface area contributed by atoms with Crippen molar-refractivity contribution in [1.82, 2.24) is 4.90 Å². The van der Waals surface area contributed by atoms with Gasteiger partial charge in [0.05, 0.1) is 17.6 Å². The van der Waals surface area contributed by atoms with Gasteiger partial charge < -0.3 is 15.1 Å².